The number of furan rings is 4. The Labute approximate surface area is 182 Å². The fraction of sp³-hybridized carbons (Fsp3) is 0. The van der Waals surface area contributed by atoms with Gasteiger partial charge in [0.1, 0.15) is 43.3 Å². The van der Waals surface area contributed by atoms with Crippen LogP contribution in [0.5, 0.6) is 0 Å². The van der Waals surface area contributed by atoms with Gasteiger partial charge in [0.15, 0.2) is 0 Å². The van der Waals surface area contributed by atoms with Gasteiger partial charge in [-0.1, -0.05) is 24.3 Å². The predicted molar refractivity (Wildman–Crippen MR) is 126 cm³/mol. The molecule has 32 heavy (non-hydrogen) atoms. The van der Waals surface area contributed by atoms with Gasteiger partial charge in [-0.15, -0.1) is 0 Å². The van der Waals surface area contributed by atoms with E-state index in [4.69, 9.17) is 17.7 Å². The molecule has 0 fully saturated rings. The first-order valence-corrected chi connectivity index (χ1v) is 10.3. The molecular formula is C28H20O4. The minimum atomic E-state index is 0.750. The molecular weight excluding hydrogens is 400 g/mol. The highest BCUT2D eigenvalue weighted by atomic mass is 16.3. The van der Waals surface area contributed by atoms with Crippen LogP contribution in [0.3, 0.4) is 0 Å². The Bertz CT molecular complexity index is 1510. The van der Waals surface area contributed by atoms with Crippen molar-refractivity contribution in [3.63, 3.8) is 0 Å². The van der Waals surface area contributed by atoms with Crippen molar-refractivity contribution in [2.24, 2.45) is 0 Å². The molecule has 5 rings (SSSR count). The molecule has 0 saturated carbocycles. The average Bonchev–Trinajstić information content (AvgIpc) is 3.59. The highest BCUT2D eigenvalue weighted by Gasteiger charge is 1.89. The van der Waals surface area contributed by atoms with Crippen LogP contribution in [0.2, 0.25) is 0 Å². The van der Waals surface area contributed by atoms with Crippen molar-refractivity contribution in [3.8, 4) is 0 Å². The van der Waals surface area contributed by atoms with E-state index in [1.54, 1.807) is 0 Å². The molecule has 4 aromatic rings. The Kier molecular flexibility index (Phi) is 5.58. The second-order valence-corrected chi connectivity index (χ2v) is 7.06. The van der Waals surface area contributed by atoms with E-state index in [9.17, 15) is 0 Å². The summed E-state index contributed by atoms with van der Waals surface area (Å²) in [6.07, 6.45) is 22.7. The fourth-order valence-electron chi connectivity index (χ4n) is 3.12. The smallest absolute Gasteiger partial charge is 0.127 e. The Morgan fingerprint density at radius 3 is 0.656 bits per heavy atom. The van der Waals surface area contributed by atoms with Crippen molar-refractivity contribution in [1.29, 1.82) is 0 Å². The number of rotatable bonds is 0. The first kappa shape index (κ1) is 19.5. The van der Waals surface area contributed by atoms with Gasteiger partial charge in [-0.3, -0.25) is 0 Å². The molecule has 0 N–H and O–H groups in total. The Balaban J connectivity index is 1.59. The largest absolute Gasteiger partial charge is 0.457 e. The molecule has 4 nitrogen and oxygen atoms in total. The molecule has 0 spiro atoms. The van der Waals surface area contributed by atoms with Gasteiger partial charge in [-0.05, 0) is 97.1 Å². The zero-order valence-corrected chi connectivity index (χ0v) is 17.2. The summed E-state index contributed by atoms with van der Waals surface area (Å²) in [5, 5.41) is 0. The van der Waals surface area contributed by atoms with E-state index in [2.05, 4.69) is 0 Å². The van der Waals surface area contributed by atoms with Crippen LogP contribution >= 0.6 is 0 Å². The summed E-state index contributed by atoms with van der Waals surface area (Å²) in [5.41, 5.74) is 6.05. The minimum absolute atomic E-state index is 0.750. The van der Waals surface area contributed by atoms with Gasteiger partial charge in [-0.2, -0.15) is 0 Å². The van der Waals surface area contributed by atoms with Crippen LogP contribution in [0, 0.1) is 0 Å². The lowest BCUT2D eigenvalue weighted by atomic mass is 10.4. The maximum Gasteiger partial charge on any atom is 0.127 e. The lowest BCUT2D eigenvalue weighted by Crippen LogP contribution is -2.01. The molecule has 0 radical (unpaired) electrons. The van der Waals surface area contributed by atoms with Crippen molar-refractivity contribution in [1.82, 2.24) is 0 Å². The van der Waals surface area contributed by atoms with Crippen LogP contribution < -0.4 is 43.3 Å². The topological polar surface area (TPSA) is 52.6 Å². The monoisotopic (exact) mass is 420 g/mol. The van der Waals surface area contributed by atoms with Crippen LogP contribution in [-0.4, -0.2) is 0 Å². The number of fused-ring (bicyclic) bond motifs is 8. The van der Waals surface area contributed by atoms with E-state index in [1.807, 2.05) is 121 Å². The van der Waals surface area contributed by atoms with Crippen LogP contribution in [0.1, 0.15) is 0 Å². The third-order valence-corrected chi connectivity index (χ3v) is 4.68. The summed E-state index contributed by atoms with van der Waals surface area (Å²) in [6.45, 7) is 0. The standard InChI is InChI=1S/C28H20O4/c1-2-6-22-10-14-26(30-22)19-20-28-16-12-24(32-28)8-4-3-7-23-11-15-27(31-23)18-17-25-13-9-21(5-1)29-25/h1-20H/b2-1-,4-3-,5-1?,6-2?,7-3?,8-4?,18-17?,20-19?,21-5-,22-6-,23-7-,24-8+,25-17-,26-19-,27-18-,28-20+. The summed E-state index contributed by atoms with van der Waals surface area (Å²) in [5.74, 6) is 0. The molecule has 0 aromatic carbocycles. The minimum Gasteiger partial charge on any atom is -0.457 e. The third-order valence-electron chi connectivity index (χ3n) is 4.68. The number of hydrogen-bond donors (Lipinski definition) is 0. The molecule has 0 unspecified atom stereocenters. The zero-order chi connectivity index (χ0) is 21.6. The van der Waals surface area contributed by atoms with Crippen molar-refractivity contribution in [2.75, 3.05) is 0 Å². The van der Waals surface area contributed by atoms with E-state index in [-0.39, 0.29) is 0 Å². The van der Waals surface area contributed by atoms with Gasteiger partial charge in [0.25, 0.3) is 0 Å². The lowest BCUT2D eigenvalue weighted by Gasteiger charge is -1.78. The van der Waals surface area contributed by atoms with Crippen LogP contribution in [0.25, 0.3) is 48.6 Å². The molecule has 1 aliphatic rings. The normalized spacial score (nSPS) is 24.0. The van der Waals surface area contributed by atoms with Crippen LogP contribution in [-0.2, 0) is 0 Å². The maximum atomic E-state index is 5.80. The molecule has 5 heterocycles. The van der Waals surface area contributed by atoms with Gasteiger partial charge >= 0.3 is 0 Å². The van der Waals surface area contributed by atoms with Crippen LogP contribution in [0.15, 0.2) is 90.5 Å². The van der Waals surface area contributed by atoms with Gasteiger partial charge in [0.05, 0.1) is 0 Å². The molecule has 156 valence electrons. The average molecular weight is 420 g/mol. The third kappa shape index (κ3) is 4.99. The van der Waals surface area contributed by atoms with E-state index in [0.29, 0.717) is 0 Å². The quantitative estimate of drug-likeness (QED) is 0.417. The second kappa shape index (κ2) is 9.14. The fourth-order valence-corrected chi connectivity index (χ4v) is 3.12. The van der Waals surface area contributed by atoms with E-state index in [1.165, 1.54) is 0 Å². The van der Waals surface area contributed by atoms with E-state index >= 15 is 0 Å². The summed E-state index contributed by atoms with van der Waals surface area (Å²) in [7, 11) is 0. The highest BCUT2D eigenvalue weighted by molar-refractivity contribution is 5.59. The Morgan fingerprint density at radius 2 is 0.438 bits per heavy atom. The zero-order valence-electron chi connectivity index (χ0n) is 17.2. The van der Waals surface area contributed by atoms with Gasteiger partial charge in [0, 0.05) is 0 Å². The lowest BCUT2D eigenvalue weighted by molar-refractivity contribution is 0.499. The van der Waals surface area contributed by atoms with Gasteiger partial charge in [0.2, 0.25) is 0 Å². The Hall–Kier alpha value is -4.44. The Morgan fingerprint density at radius 1 is 0.250 bits per heavy atom. The van der Waals surface area contributed by atoms with Gasteiger partial charge in [-0.25, -0.2) is 0 Å². The first-order valence-electron chi connectivity index (χ1n) is 10.3. The molecule has 4 heteroatoms. The van der Waals surface area contributed by atoms with Crippen molar-refractivity contribution < 1.29 is 17.7 Å². The molecule has 0 saturated heterocycles. The molecule has 0 amide bonds. The van der Waals surface area contributed by atoms with Crippen molar-refractivity contribution in [2.45, 2.75) is 0 Å². The highest BCUT2D eigenvalue weighted by Crippen LogP contribution is 1.83. The summed E-state index contributed by atoms with van der Waals surface area (Å²) >= 11 is 0. The van der Waals surface area contributed by atoms with Crippen molar-refractivity contribution in [3.05, 3.63) is 116 Å². The summed E-state index contributed by atoms with van der Waals surface area (Å²) in [6, 6.07) is 15.4. The van der Waals surface area contributed by atoms with E-state index in [0.717, 1.165) is 43.3 Å². The summed E-state index contributed by atoms with van der Waals surface area (Å²) < 4.78 is 23.2. The first-order chi connectivity index (χ1) is 15.8. The number of allylic oxidation sites excluding steroid dienone is 4. The van der Waals surface area contributed by atoms with Crippen LogP contribution in [0.4, 0.5) is 0 Å². The molecule has 1 aliphatic heterocycles. The molecule has 8 bridgehead atoms. The SMILES string of the molecule is C1=C\C=c2\cc/c(o2)=C/C=c2\cc\c(o2)=C/C=C\C=c2\cc/c(o2)=C/C=c2/cc/c(o2)=C/1. The molecule has 0 aliphatic carbocycles. The molecule has 0 atom stereocenters. The second-order valence-electron chi connectivity index (χ2n) is 7.06. The maximum absolute atomic E-state index is 5.80. The van der Waals surface area contributed by atoms with Gasteiger partial charge < -0.3 is 17.7 Å². The summed E-state index contributed by atoms with van der Waals surface area (Å²) in [4.78, 5) is 0. The predicted octanol–water partition coefficient (Wildman–Crippen LogP) is 0.529. The molecule has 4 aromatic heterocycles. The van der Waals surface area contributed by atoms with Crippen molar-refractivity contribution >= 4 is 48.6 Å². The van der Waals surface area contributed by atoms with E-state index < -0.39 is 0 Å². The number of hydrogen-bond acceptors (Lipinski definition) is 4.